The van der Waals surface area contributed by atoms with Gasteiger partial charge in [0.1, 0.15) is 12.2 Å². The molecule has 1 amide bonds. The van der Waals surface area contributed by atoms with Crippen molar-refractivity contribution in [2.24, 2.45) is 5.92 Å². The van der Waals surface area contributed by atoms with Gasteiger partial charge in [0, 0.05) is 19.3 Å². The molecule has 1 aromatic rings. The number of β-amino-alcohol motifs (C(OH)–C–C–N with tert-alkyl or cyclic N) is 1. The van der Waals surface area contributed by atoms with Gasteiger partial charge in [0.2, 0.25) is 0 Å². The lowest BCUT2D eigenvalue weighted by atomic mass is 9.96. The quantitative estimate of drug-likeness (QED) is 0.904. The average Bonchev–Trinajstić information content (AvgIpc) is 2.77. The van der Waals surface area contributed by atoms with Crippen molar-refractivity contribution in [1.29, 1.82) is 0 Å². The smallest absolute Gasteiger partial charge is 0.391 e. The lowest BCUT2D eigenvalue weighted by Crippen LogP contribution is -2.46. The summed E-state index contributed by atoms with van der Waals surface area (Å²) in [6.07, 6.45) is -3.11. The molecule has 2 atom stereocenters. The van der Waals surface area contributed by atoms with Gasteiger partial charge in [-0.2, -0.15) is 13.2 Å². The molecule has 0 aliphatic carbocycles. The van der Waals surface area contributed by atoms with Crippen molar-refractivity contribution in [2.75, 3.05) is 13.1 Å². The number of aromatic nitrogens is 1. The number of rotatable bonds is 2. The minimum Gasteiger partial charge on any atom is -0.391 e. The van der Waals surface area contributed by atoms with Crippen LogP contribution >= 0.6 is 0 Å². The SMILES string of the molecule is CC1CCN(C(=O)c2cccn2CC(F)(F)F)CC1O. The van der Waals surface area contributed by atoms with Crippen LogP contribution in [0.25, 0.3) is 0 Å². The van der Waals surface area contributed by atoms with Crippen molar-refractivity contribution >= 4 is 5.91 Å². The molecule has 1 N–H and O–H groups in total. The fraction of sp³-hybridized carbons (Fsp3) is 0.615. The topological polar surface area (TPSA) is 45.5 Å². The summed E-state index contributed by atoms with van der Waals surface area (Å²) in [4.78, 5) is 13.7. The first-order valence-corrected chi connectivity index (χ1v) is 6.47. The monoisotopic (exact) mass is 290 g/mol. The number of carbonyl (C=O) groups excluding carboxylic acids is 1. The number of amides is 1. The summed E-state index contributed by atoms with van der Waals surface area (Å²) < 4.78 is 38.2. The highest BCUT2D eigenvalue weighted by Gasteiger charge is 2.32. The van der Waals surface area contributed by atoms with Gasteiger partial charge in [-0.3, -0.25) is 4.79 Å². The number of carbonyl (C=O) groups is 1. The first-order valence-electron chi connectivity index (χ1n) is 6.47. The largest absolute Gasteiger partial charge is 0.406 e. The number of piperidine rings is 1. The van der Waals surface area contributed by atoms with Crippen LogP contribution in [0.2, 0.25) is 0 Å². The summed E-state index contributed by atoms with van der Waals surface area (Å²) in [5.41, 5.74) is 0.00378. The van der Waals surface area contributed by atoms with Gasteiger partial charge >= 0.3 is 6.18 Å². The number of hydrogen-bond donors (Lipinski definition) is 1. The third-order valence-electron chi connectivity index (χ3n) is 3.60. The van der Waals surface area contributed by atoms with E-state index >= 15 is 0 Å². The number of nitrogens with zero attached hydrogens (tertiary/aromatic N) is 2. The van der Waals surface area contributed by atoms with Crippen molar-refractivity contribution in [3.63, 3.8) is 0 Å². The molecule has 1 aliphatic rings. The predicted octanol–water partition coefficient (Wildman–Crippen LogP) is 1.89. The second-order valence-electron chi connectivity index (χ2n) is 5.22. The number of aliphatic hydroxyl groups is 1. The molecule has 4 nitrogen and oxygen atoms in total. The minimum absolute atomic E-state index is 0.00378. The van der Waals surface area contributed by atoms with E-state index in [0.717, 1.165) is 4.57 Å². The fourth-order valence-electron chi connectivity index (χ4n) is 2.33. The minimum atomic E-state index is -4.37. The Balaban J connectivity index is 2.12. The normalized spacial score (nSPS) is 23.9. The summed E-state index contributed by atoms with van der Waals surface area (Å²) >= 11 is 0. The molecular weight excluding hydrogens is 273 g/mol. The molecule has 1 aliphatic heterocycles. The maximum absolute atomic E-state index is 12.4. The standard InChI is InChI=1S/C13H17F3N2O2/c1-9-4-6-17(7-11(9)19)12(20)10-3-2-5-18(10)8-13(14,15)16/h2-3,5,9,11,19H,4,6-8H2,1H3. The Kier molecular flexibility index (Phi) is 4.08. The Morgan fingerprint density at radius 3 is 2.80 bits per heavy atom. The van der Waals surface area contributed by atoms with Crippen molar-refractivity contribution in [1.82, 2.24) is 9.47 Å². The van der Waals surface area contributed by atoms with Crippen LogP contribution in [-0.4, -0.2) is 45.9 Å². The van der Waals surface area contributed by atoms with E-state index in [1.165, 1.54) is 23.2 Å². The molecule has 112 valence electrons. The number of aliphatic hydroxyl groups excluding tert-OH is 1. The molecule has 20 heavy (non-hydrogen) atoms. The molecule has 2 heterocycles. The molecule has 7 heteroatoms. The van der Waals surface area contributed by atoms with Gasteiger partial charge in [0.15, 0.2) is 0 Å². The average molecular weight is 290 g/mol. The second-order valence-corrected chi connectivity index (χ2v) is 5.22. The van der Waals surface area contributed by atoms with Gasteiger partial charge in [-0.05, 0) is 24.5 Å². The van der Waals surface area contributed by atoms with E-state index in [0.29, 0.717) is 13.0 Å². The zero-order valence-electron chi connectivity index (χ0n) is 11.1. The molecule has 0 saturated carbocycles. The predicted molar refractivity (Wildman–Crippen MR) is 66.2 cm³/mol. The summed E-state index contributed by atoms with van der Waals surface area (Å²) in [6.45, 7) is 1.32. The molecular formula is C13H17F3N2O2. The van der Waals surface area contributed by atoms with E-state index in [1.54, 1.807) is 0 Å². The fourth-order valence-corrected chi connectivity index (χ4v) is 2.33. The van der Waals surface area contributed by atoms with Crippen molar-refractivity contribution in [3.8, 4) is 0 Å². The Morgan fingerprint density at radius 1 is 1.50 bits per heavy atom. The Hall–Kier alpha value is -1.50. The second kappa shape index (κ2) is 5.47. The summed E-state index contributed by atoms with van der Waals surface area (Å²) in [7, 11) is 0. The Labute approximate surface area is 114 Å². The maximum atomic E-state index is 12.4. The Bertz CT molecular complexity index is 484. The first-order chi connectivity index (χ1) is 9.28. The van der Waals surface area contributed by atoms with Crippen molar-refractivity contribution in [2.45, 2.75) is 32.2 Å². The molecule has 0 aromatic carbocycles. The maximum Gasteiger partial charge on any atom is 0.406 e. The van der Waals surface area contributed by atoms with E-state index in [9.17, 15) is 23.1 Å². The van der Waals surface area contributed by atoms with Crippen LogP contribution in [0.5, 0.6) is 0 Å². The van der Waals surface area contributed by atoms with Gasteiger partial charge in [0.05, 0.1) is 6.10 Å². The highest BCUT2D eigenvalue weighted by atomic mass is 19.4. The van der Waals surface area contributed by atoms with Gasteiger partial charge in [-0.25, -0.2) is 0 Å². The number of alkyl halides is 3. The van der Waals surface area contributed by atoms with E-state index in [4.69, 9.17) is 0 Å². The van der Waals surface area contributed by atoms with E-state index in [-0.39, 0.29) is 18.2 Å². The third kappa shape index (κ3) is 3.33. The summed E-state index contributed by atoms with van der Waals surface area (Å²) in [5, 5.41) is 9.77. The molecule has 1 fully saturated rings. The van der Waals surface area contributed by atoms with Crippen molar-refractivity contribution < 1.29 is 23.1 Å². The highest BCUT2D eigenvalue weighted by molar-refractivity contribution is 5.92. The highest BCUT2D eigenvalue weighted by Crippen LogP contribution is 2.22. The van der Waals surface area contributed by atoms with Gasteiger partial charge < -0.3 is 14.6 Å². The molecule has 0 radical (unpaired) electrons. The van der Waals surface area contributed by atoms with Crippen molar-refractivity contribution in [3.05, 3.63) is 24.0 Å². The molecule has 0 bridgehead atoms. The van der Waals surface area contributed by atoms with Crippen LogP contribution in [0, 0.1) is 5.92 Å². The number of halogens is 3. The first kappa shape index (κ1) is 14.9. The molecule has 2 rings (SSSR count). The van der Waals surface area contributed by atoms with Crippen LogP contribution < -0.4 is 0 Å². The molecule has 1 saturated heterocycles. The number of likely N-dealkylation sites (tertiary alicyclic amines) is 1. The van der Waals surface area contributed by atoms with E-state index in [1.807, 2.05) is 6.92 Å². The lowest BCUT2D eigenvalue weighted by molar-refractivity contribution is -0.140. The van der Waals surface area contributed by atoms with E-state index < -0.39 is 24.7 Å². The molecule has 0 spiro atoms. The van der Waals surface area contributed by atoms with Gasteiger partial charge in [0.25, 0.3) is 5.91 Å². The lowest BCUT2D eigenvalue weighted by Gasteiger charge is -2.34. The zero-order chi connectivity index (χ0) is 14.9. The van der Waals surface area contributed by atoms with Gasteiger partial charge in [-0.15, -0.1) is 0 Å². The summed E-state index contributed by atoms with van der Waals surface area (Å²) in [5.74, 6) is -0.369. The molecule has 1 aromatic heterocycles. The number of hydrogen-bond acceptors (Lipinski definition) is 2. The molecule has 2 unspecified atom stereocenters. The van der Waals surface area contributed by atoms with Crippen LogP contribution in [-0.2, 0) is 6.54 Å². The van der Waals surface area contributed by atoms with Crippen LogP contribution in [0.4, 0.5) is 13.2 Å². The van der Waals surface area contributed by atoms with Gasteiger partial charge in [-0.1, -0.05) is 6.92 Å². The third-order valence-corrected chi connectivity index (χ3v) is 3.60. The Morgan fingerprint density at radius 2 is 2.20 bits per heavy atom. The van der Waals surface area contributed by atoms with Crippen LogP contribution in [0.3, 0.4) is 0 Å². The zero-order valence-corrected chi connectivity index (χ0v) is 11.1. The van der Waals surface area contributed by atoms with Crippen LogP contribution in [0.15, 0.2) is 18.3 Å². The van der Waals surface area contributed by atoms with Crippen LogP contribution in [0.1, 0.15) is 23.8 Å². The summed E-state index contributed by atoms with van der Waals surface area (Å²) in [6, 6.07) is 2.79. The van der Waals surface area contributed by atoms with E-state index in [2.05, 4.69) is 0 Å².